The topological polar surface area (TPSA) is 136 Å². The molecule has 0 unspecified atom stereocenters. The predicted molar refractivity (Wildman–Crippen MR) is 153 cm³/mol. The Morgan fingerprint density at radius 3 is 2.15 bits per heavy atom. The van der Waals surface area contributed by atoms with Crippen LogP contribution in [0.5, 0.6) is 5.75 Å². The van der Waals surface area contributed by atoms with Crippen molar-refractivity contribution in [1.29, 1.82) is 0 Å². The fourth-order valence-corrected chi connectivity index (χ4v) is 8.35. The van der Waals surface area contributed by atoms with Gasteiger partial charge in [0, 0.05) is 18.6 Å². The molecule has 40 heavy (non-hydrogen) atoms. The van der Waals surface area contributed by atoms with Gasteiger partial charge in [-0.25, -0.2) is 22.3 Å². The molecule has 3 aromatic heterocycles. The largest absolute Gasteiger partial charge is 0.497 e. The van der Waals surface area contributed by atoms with Crippen molar-refractivity contribution in [2.45, 2.75) is 36.5 Å². The van der Waals surface area contributed by atoms with E-state index in [2.05, 4.69) is 15.5 Å². The fourth-order valence-electron chi connectivity index (χ4n) is 4.38. The van der Waals surface area contributed by atoms with E-state index in [1.54, 1.807) is 81.9 Å². The van der Waals surface area contributed by atoms with Crippen molar-refractivity contribution in [3.8, 4) is 16.9 Å². The lowest BCUT2D eigenvalue weighted by molar-refractivity contribution is 0.0945. The first-order valence-corrected chi connectivity index (χ1v) is 15.9. The average Bonchev–Trinajstić information content (AvgIpc) is 3.30. The van der Waals surface area contributed by atoms with Gasteiger partial charge in [-0.3, -0.25) is 9.78 Å². The van der Waals surface area contributed by atoms with Crippen molar-refractivity contribution in [2.24, 2.45) is 5.10 Å². The Kier molecular flexibility index (Phi) is 8.70. The first-order chi connectivity index (χ1) is 19.1. The van der Waals surface area contributed by atoms with Crippen LogP contribution in [0.3, 0.4) is 0 Å². The summed E-state index contributed by atoms with van der Waals surface area (Å²) in [6, 6.07) is 13.7. The molecule has 1 amide bonds. The molecule has 0 saturated carbocycles. The third-order valence-electron chi connectivity index (χ3n) is 6.14. The number of benzene rings is 1. The summed E-state index contributed by atoms with van der Waals surface area (Å²) in [6.07, 6.45) is 6.60. The van der Waals surface area contributed by atoms with Crippen LogP contribution >= 0.6 is 0 Å². The molecule has 0 bridgehead atoms. The first-order valence-electron chi connectivity index (χ1n) is 12.6. The van der Waals surface area contributed by atoms with Gasteiger partial charge >= 0.3 is 0 Å². The zero-order chi connectivity index (χ0) is 28.9. The number of fused-ring (bicyclic) bond motifs is 1. The zero-order valence-electron chi connectivity index (χ0n) is 22.4. The number of carbonyl (C=O) groups excluding carboxylic acids is 1. The van der Waals surface area contributed by atoms with Gasteiger partial charge in [0.15, 0.2) is 19.7 Å². The number of pyridine rings is 2. The number of nitrogens with one attached hydrogen (secondary N) is 1. The van der Waals surface area contributed by atoms with E-state index in [0.29, 0.717) is 16.9 Å². The van der Waals surface area contributed by atoms with Crippen molar-refractivity contribution in [3.63, 3.8) is 0 Å². The number of aromatic nitrogens is 2. The van der Waals surface area contributed by atoms with E-state index in [0.717, 1.165) is 5.56 Å². The van der Waals surface area contributed by atoms with E-state index >= 15 is 0 Å². The predicted octanol–water partition coefficient (Wildman–Crippen LogP) is 4.14. The Labute approximate surface area is 233 Å². The van der Waals surface area contributed by atoms with E-state index < -0.39 is 30.5 Å². The van der Waals surface area contributed by atoms with Crippen molar-refractivity contribution in [2.75, 3.05) is 18.6 Å². The molecule has 1 aromatic carbocycles. The number of rotatable bonds is 11. The number of hydrogen-bond donors (Lipinski definition) is 1. The van der Waals surface area contributed by atoms with E-state index in [4.69, 9.17) is 4.74 Å². The molecule has 10 nitrogen and oxygen atoms in total. The average molecular weight is 583 g/mol. The summed E-state index contributed by atoms with van der Waals surface area (Å²) in [5.41, 5.74) is 4.22. The molecular weight excluding hydrogens is 552 g/mol. The lowest BCUT2D eigenvalue weighted by atomic mass is 10.1. The van der Waals surface area contributed by atoms with Gasteiger partial charge in [-0.05, 0) is 78.1 Å². The Balaban J connectivity index is 1.93. The molecule has 0 aliphatic heterocycles. The zero-order valence-corrected chi connectivity index (χ0v) is 24.0. The Morgan fingerprint density at radius 1 is 0.925 bits per heavy atom. The number of amides is 1. The quantitative estimate of drug-likeness (QED) is 0.207. The molecule has 1 N–H and O–H groups in total. The normalized spacial score (nSPS) is 12.2. The molecule has 0 atom stereocenters. The highest BCUT2D eigenvalue weighted by molar-refractivity contribution is 7.94. The van der Waals surface area contributed by atoms with E-state index in [-0.39, 0.29) is 40.5 Å². The van der Waals surface area contributed by atoms with Crippen LogP contribution in [0.4, 0.5) is 0 Å². The van der Waals surface area contributed by atoms with Crippen molar-refractivity contribution in [3.05, 3.63) is 78.4 Å². The van der Waals surface area contributed by atoms with Gasteiger partial charge in [0.25, 0.3) is 5.91 Å². The minimum Gasteiger partial charge on any atom is -0.497 e. The Morgan fingerprint density at radius 2 is 1.55 bits per heavy atom. The van der Waals surface area contributed by atoms with Crippen LogP contribution in [0, 0.1) is 0 Å². The number of ether oxygens (including phenoxy) is 1. The van der Waals surface area contributed by atoms with Crippen LogP contribution in [-0.2, 0) is 19.7 Å². The molecule has 4 rings (SSSR count). The third-order valence-corrected chi connectivity index (χ3v) is 10.2. The second kappa shape index (κ2) is 12.0. The summed E-state index contributed by atoms with van der Waals surface area (Å²) < 4.78 is 60.8. The molecule has 0 spiro atoms. The molecule has 4 aromatic rings. The molecule has 210 valence electrons. The summed E-state index contributed by atoms with van der Waals surface area (Å²) in [5.74, 6) is -0.814. The highest BCUT2D eigenvalue weighted by Crippen LogP contribution is 2.36. The second-order valence-corrected chi connectivity index (χ2v) is 13.1. The number of sulfone groups is 2. The number of nitrogens with zero attached hydrogens (tertiary/aromatic N) is 3. The van der Waals surface area contributed by atoms with Crippen LogP contribution in [0.2, 0.25) is 0 Å². The number of hydrogen-bond acceptors (Lipinski definition) is 8. The van der Waals surface area contributed by atoms with Crippen molar-refractivity contribution in [1.82, 2.24) is 14.8 Å². The SMILES string of the molecule is CCCS(=O)(=O)c1c(S(=O)(=O)CCC)c2cc(-c3ccncc3)ccn2c1C(=O)N/N=C/c1ccc(OC)cc1. The molecule has 12 heteroatoms. The summed E-state index contributed by atoms with van der Waals surface area (Å²) in [6.45, 7) is 3.37. The lowest BCUT2D eigenvalue weighted by Crippen LogP contribution is -2.23. The number of methoxy groups -OCH3 is 1. The monoisotopic (exact) mass is 582 g/mol. The van der Waals surface area contributed by atoms with E-state index in [1.165, 1.54) is 16.8 Å². The van der Waals surface area contributed by atoms with Gasteiger partial charge in [0.2, 0.25) is 0 Å². The van der Waals surface area contributed by atoms with Gasteiger partial charge in [-0.15, -0.1) is 0 Å². The third kappa shape index (κ3) is 5.92. The van der Waals surface area contributed by atoms with Gasteiger partial charge in [0.1, 0.15) is 21.2 Å². The number of carbonyl (C=O) groups is 1. The Bertz CT molecular complexity index is 1760. The number of hydrazone groups is 1. The lowest BCUT2D eigenvalue weighted by Gasteiger charge is -2.08. The fraction of sp³-hybridized carbons (Fsp3) is 0.250. The maximum absolute atomic E-state index is 13.6. The highest BCUT2D eigenvalue weighted by atomic mass is 32.2. The van der Waals surface area contributed by atoms with Gasteiger partial charge in [-0.2, -0.15) is 5.10 Å². The highest BCUT2D eigenvalue weighted by Gasteiger charge is 2.37. The smallest absolute Gasteiger partial charge is 0.289 e. The minimum absolute atomic E-state index is 0.0988. The maximum atomic E-state index is 13.6. The molecule has 0 aliphatic carbocycles. The Hall–Kier alpha value is -4.03. The molecule has 0 saturated heterocycles. The van der Waals surface area contributed by atoms with Crippen LogP contribution in [0.15, 0.2) is 82.0 Å². The molecule has 0 fully saturated rings. The second-order valence-electron chi connectivity index (χ2n) is 9.02. The summed E-state index contributed by atoms with van der Waals surface area (Å²) in [4.78, 5) is 16.7. The van der Waals surface area contributed by atoms with Gasteiger partial charge in [-0.1, -0.05) is 13.8 Å². The van der Waals surface area contributed by atoms with E-state index in [1.807, 2.05) is 0 Å². The molecule has 0 radical (unpaired) electrons. The molecule has 3 heterocycles. The maximum Gasteiger partial charge on any atom is 0.289 e. The van der Waals surface area contributed by atoms with Crippen molar-refractivity contribution < 1.29 is 26.4 Å². The summed E-state index contributed by atoms with van der Waals surface area (Å²) >= 11 is 0. The van der Waals surface area contributed by atoms with Crippen LogP contribution in [0.1, 0.15) is 42.7 Å². The van der Waals surface area contributed by atoms with E-state index in [9.17, 15) is 21.6 Å². The summed E-state index contributed by atoms with van der Waals surface area (Å²) in [7, 11) is -6.73. The van der Waals surface area contributed by atoms with Crippen LogP contribution in [-0.4, -0.2) is 57.0 Å². The first kappa shape index (κ1) is 29.0. The van der Waals surface area contributed by atoms with Crippen LogP contribution < -0.4 is 10.2 Å². The summed E-state index contributed by atoms with van der Waals surface area (Å²) in [5, 5.41) is 3.99. The molecular formula is C28H30N4O6S2. The van der Waals surface area contributed by atoms with Crippen LogP contribution in [0.25, 0.3) is 16.6 Å². The standard InChI is InChI=1S/C28H30N4O6S2/c1-4-16-39(34,35)26-24-18-22(21-10-13-29-14-11-21)12-15-32(24)25(27(26)40(36,37)17-5-2)28(33)31-30-19-20-6-8-23(38-3)9-7-20/h6-15,18-19H,4-5,16-17H2,1-3H3,(H,31,33)/b30-19+. The van der Waals surface area contributed by atoms with Gasteiger partial charge < -0.3 is 9.14 Å². The minimum atomic E-state index is -4.18. The van der Waals surface area contributed by atoms with Crippen molar-refractivity contribution >= 4 is 37.3 Å². The molecule has 0 aliphatic rings. The van der Waals surface area contributed by atoms with Gasteiger partial charge in [0.05, 0.1) is 30.3 Å².